The molecule has 0 aliphatic rings. The first-order valence-electron chi connectivity index (χ1n) is 4.19. The van der Waals surface area contributed by atoms with Gasteiger partial charge in [-0.2, -0.15) is 0 Å². The predicted molar refractivity (Wildman–Crippen MR) is 47.8 cm³/mol. The van der Waals surface area contributed by atoms with Gasteiger partial charge in [-0.3, -0.25) is 0 Å². The molecule has 1 unspecified atom stereocenters. The van der Waals surface area contributed by atoms with Crippen LogP contribution in [0.25, 0.3) is 0 Å². The van der Waals surface area contributed by atoms with E-state index in [9.17, 15) is 0 Å². The lowest BCUT2D eigenvalue weighted by molar-refractivity contribution is -0.0684. The van der Waals surface area contributed by atoms with Crippen LogP contribution in [0.3, 0.4) is 0 Å². The molecule has 0 rings (SSSR count). The van der Waals surface area contributed by atoms with Gasteiger partial charge < -0.3 is 14.9 Å². The van der Waals surface area contributed by atoms with E-state index in [1.807, 2.05) is 0 Å². The minimum Gasteiger partial charge on any atom is -0.513 e. The number of rotatable bonds is 5. The van der Waals surface area contributed by atoms with Gasteiger partial charge in [-0.25, -0.2) is 0 Å². The second kappa shape index (κ2) is 6.03. The highest BCUT2D eigenvalue weighted by Gasteiger charge is 2.00. The molecule has 0 aliphatic heterocycles. The standard InChI is InChI=1S/C9H18O3/c1-7(2)4-5-12-9(11)6-8(3)10/h6-7,9-11H,4-5H2,1-3H3. The predicted octanol–water partition coefficient (Wildman–Crippen LogP) is 1.83. The zero-order chi connectivity index (χ0) is 9.56. The summed E-state index contributed by atoms with van der Waals surface area (Å²) in [6.07, 6.45) is 1.20. The first kappa shape index (κ1) is 11.5. The van der Waals surface area contributed by atoms with Gasteiger partial charge in [-0.15, -0.1) is 0 Å². The van der Waals surface area contributed by atoms with Crippen LogP contribution in [0.2, 0.25) is 0 Å². The third kappa shape index (κ3) is 7.57. The maximum Gasteiger partial charge on any atom is 0.177 e. The molecule has 0 saturated heterocycles. The average molecular weight is 174 g/mol. The first-order chi connectivity index (χ1) is 5.52. The fourth-order valence-corrected chi connectivity index (χ4v) is 0.679. The van der Waals surface area contributed by atoms with Gasteiger partial charge in [0.2, 0.25) is 0 Å². The van der Waals surface area contributed by atoms with Crippen LogP contribution in [0, 0.1) is 5.92 Å². The number of hydrogen-bond acceptors (Lipinski definition) is 3. The Kier molecular flexibility index (Phi) is 5.76. The van der Waals surface area contributed by atoms with E-state index in [0.29, 0.717) is 12.5 Å². The fraction of sp³-hybridized carbons (Fsp3) is 0.778. The molecule has 0 saturated carbocycles. The third-order valence-electron chi connectivity index (χ3n) is 1.37. The molecule has 12 heavy (non-hydrogen) atoms. The lowest BCUT2D eigenvalue weighted by atomic mass is 10.1. The zero-order valence-corrected chi connectivity index (χ0v) is 7.95. The number of hydrogen-bond donors (Lipinski definition) is 2. The van der Waals surface area contributed by atoms with Crippen molar-refractivity contribution < 1.29 is 14.9 Å². The van der Waals surface area contributed by atoms with Crippen molar-refractivity contribution >= 4 is 0 Å². The quantitative estimate of drug-likeness (QED) is 0.494. The van der Waals surface area contributed by atoms with Gasteiger partial charge in [0.05, 0.1) is 12.4 Å². The van der Waals surface area contributed by atoms with Crippen LogP contribution in [0.5, 0.6) is 0 Å². The van der Waals surface area contributed by atoms with Crippen LogP contribution < -0.4 is 0 Å². The van der Waals surface area contributed by atoms with Crippen LogP contribution in [0.15, 0.2) is 11.8 Å². The molecule has 0 radical (unpaired) electrons. The molecule has 3 heteroatoms. The highest BCUT2D eigenvalue weighted by atomic mass is 16.6. The normalized spacial score (nSPS) is 15.2. The molecule has 0 fully saturated rings. The number of aliphatic hydroxyl groups excluding tert-OH is 2. The Balaban J connectivity index is 3.44. The van der Waals surface area contributed by atoms with Crippen molar-refractivity contribution in [2.75, 3.05) is 6.61 Å². The van der Waals surface area contributed by atoms with Gasteiger partial charge in [0.1, 0.15) is 0 Å². The molecule has 0 heterocycles. The molecule has 1 atom stereocenters. The van der Waals surface area contributed by atoms with Crippen LogP contribution >= 0.6 is 0 Å². The van der Waals surface area contributed by atoms with Crippen molar-refractivity contribution in [3.8, 4) is 0 Å². The summed E-state index contributed by atoms with van der Waals surface area (Å²) in [5.74, 6) is 0.642. The van der Waals surface area contributed by atoms with Gasteiger partial charge in [-0.05, 0) is 19.3 Å². The highest BCUT2D eigenvalue weighted by molar-refractivity contribution is 4.88. The van der Waals surface area contributed by atoms with E-state index in [2.05, 4.69) is 13.8 Å². The first-order valence-corrected chi connectivity index (χ1v) is 4.19. The average Bonchev–Trinajstić information content (AvgIpc) is 1.84. The smallest absolute Gasteiger partial charge is 0.177 e. The second-order valence-electron chi connectivity index (χ2n) is 3.25. The van der Waals surface area contributed by atoms with E-state index in [1.54, 1.807) is 0 Å². The summed E-state index contributed by atoms with van der Waals surface area (Å²) in [4.78, 5) is 0. The Hall–Kier alpha value is -0.540. The summed E-state index contributed by atoms with van der Waals surface area (Å²) in [5.41, 5.74) is 0. The number of allylic oxidation sites excluding steroid dienone is 1. The van der Waals surface area contributed by atoms with Crippen molar-refractivity contribution in [3.63, 3.8) is 0 Å². The van der Waals surface area contributed by atoms with Gasteiger partial charge in [-0.1, -0.05) is 13.8 Å². The lowest BCUT2D eigenvalue weighted by Crippen LogP contribution is -2.11. The lowest BCUT2D eigenvalue weighted by Gasteiger charge is -2.09. The van der Waals surface area contributed by atoms with Gasteiger partial charge in [0.25, 0.3) is 0 Å². The SMILES string of the molecule is CC(O)=CC(O)OCCC(C)C. The van der Waals surface area contributed by atoms with E-state index in [4.69, 9.17) is 14.9 Å². The van der Waals surface area contributed by atoms with Crippen LogP contribution in [0.4, 0.5) is 0 Å². The molecule has 0 aliphatic carbocycles. The Morgan fingerprint density at radius 2 is 2.08 bits per heavy atom. The zero-order valence-electron chi connectivity index (χ0n) is 7.95. The van der Waals surface area contributed by atoms with Crippen LogP contribution in [-0.2, 0) is 4.74 Å². The van der Waals surface area contributed by atoms with E-state index in [1.165, 1.54) is 13.0 Å². The van der Waals surface area contributed by atoms with Crippen LogP contribution in [0.1, 0.15) is 27.2 Å². The minimum absolute atomic E-state index is 0.0760. The molecule has 2 N–H and O–H groups in total. The summed E-state index contributed by atoms with van der Waals surface area (Å²) >= 11 is 0. The molecule has 0 aromatic heterocycles. The van der Waals surface area contributed by atoms with Crippen molar-refractivity contribution in [2.45, 2.75) is 33.5 Å². The molecule has 0 amide bonds. The fourth-order valence-electron chi connectivity index (χ4n) is 0.679. The van der Waals surface area contributed by atoms with Crippen LogP contribution in [-0.4, -0.2) is 23.1 Å². The van der Waals surface area contributed by atoms with Gasteiger partial charge in [0.15, 0.2) is 6.29 Å². The molecule has 72 valence electrons. The Labute approximate surface area is 73.7 Å². The van der Waals surface area contributed by atoms with Gasteiger partial charge >= 0.3 is 0 Å². The topological polar surface area (TPSA) is 49.7 Å². The summed E-state index contributed by atoms with van der Waals surface area (Å²) in [5, 5.41) is 17.8. The number of aliphatic hydroxyl groups is 2. The summed E-state index contributed by atoms with van der Waals surface area (Å²) < 4.78 is 4.98. The highest BCUT2D eigenvalue weighted by Crippen LogP contribution is 2.01. The molecule has 3 nitrogen and oxygen atoms in total. The van der Waals surface area contributed by atoms with E-state index in [0.717, 1.165) is 6.42 Å². The van der Waals surface area contributed by atoms with Crippen molar-refractivity contribution in [1.82, 2.24) is 0 Å². The Bertz CT molecular complexity index is 137. The van der Waals surface area contributed by atoms with Gasteiger partial charge in [0, 0.05) is 6.08 Å². The maximum absolute atomic E-state index is 9.07. The minimum atomic E-state index is -0.978. The molecule has 0 aromatic carbocycles. The largest absolute Gasteiger partial charge is 0.513 e. The molecular formula is C9H18O3. The number of ether oxygens (including phenoxy) is 1. The van der Waals surface area contributed by atoms with E-state index >= 15 is 0 Å². The summed E-state index contributed by atoms with van der Waals surface area (Å²) in [7, 11) is 0. The molecular weight excluding hydrogens is 156 g/mol. The Morgan fingerprint density at radius 3 is 2.50 bits per heavy atom. The third-order valence-corrected chi connectivity index (χ3v) is 1.37. The summed E-state index contributed by atoms with van der Waals surface area (Å²) in [6.45, 7) is 6.18. The van der Waals surface area contributed by atoms with Crippen molar-refractivity contribution in [3.05, 3.63) is 11.8 Å². The van der Waals surface area contributed by atoms with E-state index < -0.39 is 6.29 Å². The molecule has 0 bridgehead atoms. The van der Waals surface area contributed by atoms with Crippen molar-refractivity contribution in [2.24, 2.45) is 5.92 Å². The van der Waals surface area contributed by atoms with E-state index in [-0.39, 0.29) is 5.76 Å². The molecule has 0 spiro atoms. The van der Waals surface area contributed by atoms with Crippen molar-refractivity contribution in [1.29, 1.82) is 0 Å². The monoisotopic (exact) mass is 174 g/mol. The maximum atomic E-state index is 9.07. The summed E-state index contributed by atoms with van der Waals surface area (Å²) in [6, 6.07) is 0. The molecule has 0 aromatic rings. The second-order valence-corrected chi connectivity index (χ2v) is 3.25. The Morgan fingerprint density at radius 1 is 1.50 bits per heavy atom.